The molecule has 0 amide bonds. The molecule has 2 heterocycles. The average Bonchev–Trinajstić information content (AvgIpc) is 3.17. The van der Waals surface area contributed by atoms with Crippen LogP contribution in [0.3, 0.4) is 0 Å². The monoisotopic (exact) mass is 417 g/mol. The minimum absolute atomic E-state index is 0.185. The molecule has 3 aromatic rings. The van der Waals surface area contributed by atoms with Crippen LogP contribution in [0.4, 0.5) is 5.13 Å². The molecular formula is C20H23N3O3S2. The summed E-state index contributed by atoms with van der Waals surface area (Å²) in [5, 5.41) is 1.05. The summed E-state index contributed by atoms with van der Waals surface area (Å²) in [6.07, 6.45) is 1.87. The van der Waals surface area contributed by atoms with Crippen molar-refractivity contribution in [3.8, 4) is 5.75 Å². The lowest BCUT2D eigenvalue weighted by Gasteiger charge is -2.31. The number of piperidine rings is 1. The Morgan fingerprint density at radius 1 is 1.14 bits per heavy atom. The van der Waals surface area contributed by atoms with E-state index in [9.17, 15) is 8.42 Å². The fraction of sp³-hybridized carbons (Fsp3) is 0.350. The van der Waals surface area contributed by atoms with Gasteiger partial charge in [0, 0.05) is 19.6 Å². The maximum absolute atomic E-state index is 12.6. The molecule has 1 aliphatic rings. The summed E-state index contributed by atoms with van der Waals surface area (Å²) in [5.74, 6) is 0.677. The number of benzene rings is 2. The number of thiazole rings is 1. The Labute approximate surface area is 169 Å². The third kappa shape index (κ3) is 3.99. The Bertz CT molecular complexity index is 1020. The molecule has 2 aromatic carbocycles. The van der Waals surface area contributed by atoms with Crippen molar-refractivity contribution in [2.45, 2.75) is 17.7 Å². The van der Waals surface area contributed by atoms with Gasteiger partial charge in [-0.3, -0.25) is 0 Å². The van der Waals surface area contributed by atoms with Crippen LogP contribution in [0.2, 0.25) is 0 Å². The zero-order valence-corrected chi connectivity index (χ0v) is 17.3. The van der Waals surface area contributed by atoms with Crippen molar-refractivity contribution in [2.75, 3.05) is 31.6 Å². The second-order valence-corrected chi connectivity index (χ2v) is 9.64. The normalized spacial score (nSPS) is 15.8. The van der Waals surface area contributed by atoms with Crippen LogP contribution in [0, 0.1) is 5.92 Å². The van der Waals surface area contributed by atoms with Crippen molar-refractivity contribution in [1.82, 2.24) is 9.71 Å². The molecule has 0 atom stereocenters. The van der Waals surface area contributed by atoms with Crippen molar-refractivity contribution in [3.05, 3.63) is 48.5 Å². The number of hydrogen-bond donors (Lipinski definition) is 1. The Morgan fingerprint density at radius 2 is 1.86 bits per heavy atom. The standard InChI is InChI=1S/C20H23N3O3S2/c1-26-17-7-3-5-9-19(17)28(24,25)21-14-15-10-12-23(13-11-15)20-22-16-6-2-4-8-18(16)27-20/h2-9,15,21H,10-14H2,1H3. The van der Waals surface area contributed by atoms with E-state index in [4.69, 9.17) is 9.72 Å². The highest BCUT2D eigenvalue weighted by Crippen LogP contribution is 2.31. The first-order valence-electron chi connectivity index (χ1n) is 9.30. The van der Waals surface area contributed by atoms with E-state index in [1.165, 1.54) is 11.8 Å². The van der Waals surface area contributed by atoms with Crippen molar-refractivity contribution in [2.24, 2.45) is 5.92 Å². The van der Waals surface area contributed by atoms with E-state index in [1.807, 2.05) is 18.2 Å². The van der Waals surface area contributed by atoms with Crippen LogP contribution in [-0.2, 0) is 10.0 Å². The number of ether oxygens (including phenoxy) is 1. The number of nitrogens with one attached hydrogen (secondary N) is 1. The molecule has 0 aliphatic carbocycles. The van der Waals surface area contributed by atoms with E-state index in [1.54, 1.807) is 35.6 Å². The van der Waals surface area contributed by atoms with Crippen molar-refractivity contribution < 1.29 is 13.2 Å². The lowest BCUT2D eigenvalue weighted by molar-refractivity contribution is 0.395. The van der Waals surface area contributed by atoms with E-state index >= 15 is 0 Å². The number of rotatable bonds is 6. The number of para-hydroxylation sites is 2. The highest BCUT2D eigenvalue weighted by atomic mass is 32.2. The van der Waals surface area contributed by atoms with Gasteiger partial charge in [0.05, 0.1) is 17.3 Å². The van der Waals surface area contributed by atoms with Gasteiger partial charge in [0.25, 0.3) is 0 Å². The van der Waals surface area contributed by atoms with Gasteiger partial charge in [-0.15, -0.1) is 0 Å². The molecule has 28 heavy (non-hydrogen) atoms. The molecule has 0 spiro atoms. The molecule has 8 heteroatoms. The summed E-state index contributed by atoms with van der Waals surface area (Å²) < 4.78 is 34.4. The van der Waals surface area contributed by atoms with Crippen LogP contribution < -0.4 is 14.4 Å². The van der Waals surface area contributed by atoms with E-state index < -0.39 is 10.0 Å². The summed E-state index contributed by atoms with van der Waals surface area (Å²) in [5.41, 5.74) is 1.04. The van der Waals surface area contributed by atoms with Gasteiger partial charge in [-0.1, -0.05) is 35.6 Å². The van der Waals surface area contributed by atoms with E-state index in [0.29, 0.717) is 18.2 Å². The first-order chi connectivity index (χ1) is 13.6. The van der Waals surface area contributed by atoms with Gasteiger partial charge in [0.15, 0.2) is 5.13 Å². The molecule has 0 saturated carbocycles. The second kappa shape index (κ2) is 8.06. The lowest BCUT2D eigenvalue weighted by Crippen LogP contribution is -2.38. The smallest absolute Gasteiger partial charge is 0.244 e. The van der Waals surface area contributed by atoms with Crippen molar-refractivity contribution >= 4 is 36.7 Å². The van der Waals surface area contributed by atoms with E-state index in [-0.39, 0.29) is 4.90 Å². The van der Waals surface area contributed by atoms with Crippen LogP contribution in [-0.4, -0.2) is 40.1 Å². The van der Waals surface area contributed by atoms with E-state index in [0.717, 1.165) is 36.6 Å². The topological polar surface area (TPSA) is 71.5 Å². The molecule has 1 aliphatic heterocycles. The summed E-state index contributed by atoms with van der Waals surface area (Å²) in [6, 6.07) is 14.9. The molecule has 1 N–H and O–H groups in total. The zero-order valence-electron chi connectivity index (χ0n) is 15.7. The van der Waals surface area contributed by atoms with Gasteiger partial charge in [-0.25, -0.2) is 18.1 Å². The number of fused-ring (bicyclic) bond motifs is 1. The van der Waals surface area contributed by atoms with E-state index in [2.05, 4.69) is 15.7 Å². The predicted molar refractivity (Wildman–Crippen MR) is 113 cm³/mol. The number of aromatic nitrogens is 1. The lowest BCUT2D eigenvalue weighted by atomic mass is 9.97. The molecule has 0 bridgehead atoms. The third-order valence-electron chi connectivity index (χ3n) is 5.09. The molecule has 1 aromatic heterocycles. The Kier molecular flexibility index (Phi) is 5.52. The van der Waals surface area contributed by atoms with Gasteiger partial charge in [-0.2, -0.15) is 0 Å². The van der Waals surface area contributed by atoms with Gasteiger partial charge >= 0.3 is 0 Å². The fourth-order valence-electron chi connectivity index (χ4n) is 3.47. The van der Waals surface area contributed by atoms with Crippen LogP contribution in [0.1, 0.15) is 12.8 Å². The highest BCUT2D eigenvalue weighted by Gasteiger charge is 2.24. The molecule has 4 rings (SSSR count). The Balaban J connectivity index is 1.35. The first-order valence-corrected chi connectivity index (χ1v) is 11.6. The van der Waals surface area contributed by atoms with Crippen molar-refractivity contribution in [3.63, 3.8) is 0 Å². The van der Waals surface area contributed by atoms with Crippen molar-refractivity contribution in [1.29, 1.82) is 0 Å². The molecular weight excluding hydrogens is 394 g/mol. The van der Waals surface area contributed by atoms with Gasteiger partial charge in [0.2, 0.25) is 10.0 Å². The maximum Gasteiger partial charge on any atom is 0.244 e. The first kappa shape index (κ1) is 19.2. The molecule has 1 saturated heterocycles. The number of sulfonamides is 1. The minimum Gasteiger partial charge on any atom is -0.495 e. The summed E-state index contributed by atoms with van der Waals surface area (Å²) in [6.45, 7) is 2.22. The highest BCUT2D eigenvalue weighted by molar-refractivity contribution is 7.89. The summed E-state index contributed by atoms with van der Waals surface area (Å²) in [4.78, 5) is 7.21. The Morgan fingerprint density at radius 3 is 2.61 bits per heavy atom. The SMILES string of the molecule is COc1ccccc1S(=O)(=O)NCC1CCN(c2nc3ccccc3s2)CC1. The second-order valence-electron chi connectivity index (χ2n) is 6.90. The van der Waals surface area contributed by atoms with Crippen LogP contribution in [0.25, 0.3) is 10.2 Å². The number of hydrogen-bond acceptors (Lipinski definition) is 6. The number of nitrogens with zero attached hydrogens (tertiary/aromatic N) is 2. The minimum atomic E-state index is -3.58. The fourth-order valence-corrected chi connectivity index (χ4v) is 5.77. The van der Waals surface area contributed by atoms with Crippen LogP contribution in [0.5, 0.6) is 5.75 Å². The molecule has 0 unspecified atom stereocenters. The molecule has 6 nitrogen and oxygen atoms in total. The maximum atomic E-state index is 12.6. The number of anilines is 1. The number of methoxy groups -OCH3 is 1. The van der Waals surface area contributed by atoms with Gasteiger partial charge < -0.3 is 9.64 Å². The quantitative estimate of drug-likeness (QED) is 0.665. The van der Waals surface area contributed by atoms with Gasteiger partial charge in [-0.05, 0) is 43.0 Å². The molecule has 0 radical (unpaired) electrons. The summed E-state index contributed by atoms with van der Waals surface area (Å²) in [7, 11) is -2.11. The molecule has 1 fully saturated rings. The van der Waals surface area contributed by atoms with Crippen LogP contribution >= 0.6 is 11.3 Å². The van der Waals surface area contributed by atoms with Gasteiger partial charge in [0.1, 0.15) is 10.6 Å². The summed E-state index contributed by atoms with van der Waals surface area (Å²) >= 11 is 1.71. The molecule has 148 valence electrons. The third-order valence-corrected chi connectivity index (χ3v) is 7.65. The average molecular weight is 418 g/mol. The zero-order chi connectivity index (χ0) is 19.6. The largest absolute Gasteiger partial charge is 0.495 e. The Hall–Kier alpha value is -2.16. The predicted octanol–water partition coefficient (Wildman–Crippen LogP) is 3.50. The van der Waals surface area contributed by atoms with Crippen LogP contribution in [0.15, 0.2) is 53.4 Å².